The van der Waals surface area contributed by atoms with Crippen molar-refractivity contribution in [3.63, 3.8) is 0 Å². The van der Waals surface area contributed by atoms with Gasteiger partial charge in [0.1, 0.15) is 17.4 Å². The number of hydrogen-bond acceptors (Lipinski definition) is 3. The summed E-state index contributed by atoms with van der Waals surface area (Å²) < 4.78 is 32.1. The smallest absolute Gasteiger partial charge is 0.254 e. The van der Waals surface area contributed by atoms with Crippen molar-refractivity contribution in [3.05, 3.63) is 52.7 Å². The summed E-state index contributed by atoms with van der Waals surface area (Å²) >= 11 is 0. The average molecular weight is 336 g/mol. The molecule has 0 aliphatic rings. The quantitative estimate of drug-likeness (QED) is 0.842. The molecule has 0 atom stereocenters. The van der Waals surface area contributed by atoms with Crippen molar-refractivity contribution in [1.29, 1.82) is 0 Å². The number of carbonyl (C=O) groups is 1. The number of aromatic nitrogens is 1. The van der Waals surface area contributed by atoms with E-state index < -0.39 is 17.5 Å². The summed E-state index contributed by atoms with van der Waals surface area (Å²) in [4.78, 5) is 16.3. The number of halogens is 2. The lowest BCUT2D eigenvalue weighted by Crippen LogP contribution is -2.25. The van der Waals surface area contributed by atoms with Crippen LogP contribution in [0.25, 0.3) is 0 Å². The van der Waals surface area contributed by atoms with Gasteiger partial charge in [0.05, 0.1) is 11.3 Å². The van der Waals surface area contributed by atoms with Crippen LogP contribution >= 0.6 is 0 Å². The van der Waals surface area contributed by atoms with Gasteiger partial charge >= 0.3 is 0 Å². The van der Waals surface area contributed by atoms with Crippen LogP contribution < -0.4 is 5.32 Å². The first-order chi connectivity index (χ1) is 11.2. The largest absolute Gasteiger partial charge is 0.445 e. The molecule has 0 saturated carbocycles. The monoisotopic (exact) mass is 336 g/mol. The van der Waals surface area contributed by atoms with E-state index in [9.17, 15) is 13.6 Å². The van der Waals surface area contributed by atoms with E-state index in [1.165, 1.54) is 0 Å². The molecule has 1 aromatic heterocycles. The van der Waals surface area contributed by atoms with Crippen LogP contribution in [0.15, 0.2) is 22.6 Å². The van der Waals surface area contributed by atoms with Crippen molar-refractivity contribution in [3.8, 4) is 0 Å². The van der Waals surface area contributed by atoms with Gasteiger partial charge in [0, 0.05) is 24.4 Å². The van der Waals surface area contributed by atoms with Crippen LogP contribution in [0.4, 0.5) is 8.78 Å². The van der Waals surface area contributed by atoms with Crippen molar-refractivity contribution in [2.24, 2.45) is 0 Å². The maximum atomic E-state index is 13.5. The molecule has 1 N–H and O–H groups in total. The summed E-state index contributed by atoms with van der Waals surface area (Å²) in [7, 11) is 0. The second kappa shape index (κ2) is 7.11. The first kappa shape index (κ1) is 18.1. The van der Waals surface area contributed by atoms with E-state index >= 15 is 0 Å². The first-order valence-corrected chi connectivity index (χ1v) is 7.88. The SMILES string of the molecule is Cc1nc(C(C)(C)C)oc1CCCNC(=O)c1ccc(F)cc1F. The summed E-state index contributed by atoms with van der Waals surface area (Å²) in [5, 5.41) is 2.62. The summed E-state index contributed by atoms with van der Waals surface area (Å²) in [6.45, 7) is 8.33. The van der Waals surface area contributed by atoms with E-state index in [-0.39, 0.29) is 11.0 Å². The second-order valence-electron chi connectivity index (χ2n) is 6.76. The highest BCUT2D eigenvalue weighted by Gasteiger charge is 2.22. The zero-order valence-corrected chi connectivity index (χ0v) is 14.4. The highest BCUT2D eigenvalue weighted by molar-refractivity contribution is 5.94. The van der Waals surface area contributed by atoms with Crippen LogP contribution in [0, 0.1) is 18.6 Å². The van der Waals surface area contributed by atoms with Gasteiger partial charge in [-0.1, -0.05) is 20.8 Å². The molecule has 0 bridgehead atoms. The first-order valence-electron chi connectivity index (χ1n) is 7.88. The van der Waals surface area contributed by atoms with Gasteiger partial charge < -0.3 is 9.73 Å². The van der Waals surface area contributed by atoms with Crippen LogP contribution in [-0.2, 0) is 11.8 Å². The van der Waals surface area contributed by atoms with Crippen LogP contribution in [-0.4, -0.2) is 17.4 Å². The third-order valence-corrected chi connectivity index (χ3v) is 3.58. The van der Waals surface area contributed by atoms with Gasteiger partial charge in [-0.3, -0.25) is 4.79 Å². The van der Waals surface area contributed by atoms with Crippen molar-refractivity contribution in [2.45, 2.75) is 46.0 Å². The number of nitrogens with zero attached hydrogens (tertiary/aromatic N) is 1. The predicted molar refractivity (Wildman–Crippen MR) is 87.0 cm³/mol. The maximum absolute atomic E-state index is 13.5. The van der Waals surface area contributed by atoms with E-state index in [2.05, 4.69) is 10.3 Å². The van der Waals surface area contributed by atoms with E-state index in [0.29, 0.717) is 31.3 Å². The standard InChI is InChI=1S/C18H22F2N2O2/c1-11-15(24-17(22-11)18(2,3)4)6-5-9-21-16(23)13-8-7-12(19)10-14(13)20/h7-8,10H,5-6,9H2,1-4H3,(H,21,23). The molecule has 0 aliphatic carbocycles. The number of rotatable bonds is 5. The summed E-state index contributed by atoms with van der Waals surface area (Å²) in [6, 6.07) is 2.89. The molecule has 4 nitrogen and oxygen atoms in total. The van der Waals surface area contributed by atoms with Crippen molar-refractivity contribution >= 4 is 5.91 Å². The molecule has 24 heavy (non-hydrogen) atoms. The Morgan fingerprint density at radius 3 is 2.58 bits per heavy atom. The fourth-order valence-corrected chi connectivity index (χ4v) is 2.20. The zero-order chi connectivity index (χ0) is 17.9. The molecule has 0 radical (unpaired) electrons. The van der Waals surface area contributed by atoms with E-state index in [1.54, 1.807) is 0 Å². The number of hydrogen-bond donors (Lipinski definition) is 1. The van der Waals surface area contributed by atoms with Gasteiger partial charge in [0.2, 0.25) is 0 Å². The molecule has 0 saturated heterocycles. The van der Waals surface area contributed by atoms with Gasteiger partial charge in [0.25, 0.3) is 5.91 Å². The minimum atomic E-state index is -0.867. The highest BCUT2D eigenvalue weighted by Crippen LogP contribution is 2.24. The van der Waals surface area contributed by atoms with Crippen LogP contribution in [0.3, 0.4) is 0 Å². The Morgan fingerprint density at radius 2 is 2.00 bits per heavy atom. The molecular weight excluding hydrogens is 314 g/mol. The van der Waals surface area contributed by atoms with E-state index in [1.807, 2.05) is 27.7 Å². The lowest BCUT2D eigenvalue weighted by Gasteiger charge is -2.12. The molecule has 0 spiro atoms. The van der Waals surface area contributed by atoms with Crippen LogP contribution in [0.5, 0.6) is 0 Å². The Bertz CT molecular complexity index is 733. The fraction of sp³-hybridized carbons (Fsp3) is 0.444. The highest BCUT2D eigenvalue weighted by atomic mass is 19.1. The molecular formula is C18H22F2N2O2. The van der Waals surface area contributed by atoms with E-state index in [4.69, 9.17) is 4.42 Å². The number of carbonyl (C=O) groups excluding carboxylic acids is 1. The number of oxazole rings is 1. The average Bonchev–Trinajstić information content (AvgIpc) is 2.85. The topological polar surface area (TPSA) is 55.1 Å². The molecule has 2 rings (SSSR count). The molecule has 2 aromatic rings. The molecule has 6 heteroatoms. The van der Waals surface area contributed by atoms with Crippen molar-refractivity contribution < 1.29 is 18.0 Å². The lowest BCUT2D eigenvalue weighted by molar-refractivity contribution is 0.0949. The Hall–Kier alpha value is -2.24. The summed E-state index contributed by atoms with van der Waals surface area (Å²) in [5.41, 5.74) is 0.523. The Kier molecular flexibility index (Phi) is 5.36. The van der Waals surface area contributed by atoms with Gasteiger partial charge in [-0.15, -0.1) is 0 Å². The zero-order valence-electron chi connectivity index (χ0n) is 14.4. The minimum absolute atomic E-state index is 0.155. The van der Waals surface area contributed by atoms with Gasteiger partial charge in [-0.05, 0) is 25.5 Å². The van der Waals surface area contributed by atoms with Crippen molar-refractivity contribution in [2.75, 3.05) is 6.54 Å². The molecule has 1 heterocycles. The van der Waals surface area contributed by atoms with Gasteiger partial charge in [-0.25, -0.2) is 13.8 Å². The van der Waals surface area contributed by atoms with E-state index in [0.717, 1.165) is 23.6 Å². The molecule has 0 fully saturated rings. The number of amides is 1. The Balaban J connectivity index is 1.87. The number of benzene rings is 1. The third kappa shape index (κ3) is 4.40. The normalized spacial score (nSPS) is 11.6. The number of aryl methyl sites for hydroxylation is 2. The maximum Gasteiger partial charge on any atom is 0.254 e. The summed E-state index contributed by atoms with van der Waals surface area (Å²) in [6.07, 6.45) is 1.26. The van der Waals surface area contributed by atoms with Crippen LogP contribution in [0.1, 0.15) is 54.9 Å². The fourth-order valence-electron chi connectivity index (χ4n) is 2.20. The third-order valence-electron chi connectivity index (χ3n) is 3.58. The molecule has 0 aliphatic heterocycles. The molecule has 130 valence electrons. The molecule has 1 aromatic carbocycles. The van der Waals surface area contributed by atoms with Gasteiger partial charge in [-0.2, -0.15) is 0 Å². The van der Waals surface area contributed by atoms with Gasteiger partial charge in [0.15, 0.2) is 5.89 Å². The Labute approximate surface area is 140 Å². The van der Waals surface area contributed by atoms with Crippen LogP contribution in [0.2, 0.25) is 0 Å². The number of nitrogens with one attached hydrogen (secondary N) is 1. The Morgan fingerprint density at radius 1 is 1.29 bits per heavy atom. The molecule has 0 unspecified atom stereocenters. The second-order valence-corrected chi connectivity index (χ2v) is 6.76. The predicted octanol–water partition coefficient (Wildman–Crippen LogP) is 3.92. The minimum Gasteiger partial charge on any atom is -0.445 e. The molecule has 1 amide bonds. The van der Waals surface area contributed by atoms with Crippen molar-refractivity contribution in [1.82, 2.24) is 10.3 Å². The summed E-state index contributed by atoms with van der Waals surface area (Å²) in [5.74, 6) is -0.653. The lowest BCUT2D eigenvalue weighted by atomic mass is 9.97.